The number of aryl methyl sites for hydroxylation is 1. The van der Waals surface area contributed by atoms with Crippen molar-refractivity contribution < 1.29 is 18.0 Å². The SMILES string of the molecule is Cc1nc(C=O)c(F)cc1C(F)F. The van der Waals surface area contributed by atoms with Gasteiger partial charge in [-0.2, -0.15) is 0 Å². The van der Waals surface area contributed by atoms with Gasteiger partial charge in [-0.15, -0.1) is 0 Å². The van der Waals surface area contributed by atoms with E-state index in [0.717, 1.165) is 0 Å². The number of aromatic nitrogens is 1. The third-order valence-electron chi connectivity index (χ3n) is 1.58. The Bertz CT molecular complexity index is 338. The fourth-order valence-corrected chi connectivity index (χ4v) is 0.917. The molecule has 70 valence electrons. The number of rotatable bonds is 2. The van der Waals surface area contributed by atoms with Gasteiger partial charge in [0.15, 0.2) is 12.1 Å². The quantitative estimate of drug-likeness (QED) is 0.668. The Hall–Kier alpha value is -1.39. The molecule has 1 rings (SSSR count). The molecule has 0 radical (unpaired) electrons. The lowest BCUT2D eigenvalue weighted by molar-refractivity contribution is 0.111. The lowest BCUT2D eigenvalue weighted by Gasteiger charge is -2.04. The minimum Gasteiger partial charge on any atom is -0.296 e. The molecule has 0 amide bonds. The van der Waals surface area contributed by atoms with Crippen LogP contribution in [0, 0.1) is 12.7 Å². The van der Waals surface area contributed by atoms with Crippen molar-refractivity contribution in [1.29, 1.82) is 0 Å². The van der Waals surface area contributed by atoms with Crippen LogP contribution in [-0.2, 0) is 0 Å². The highest BCUT2D eigenvalue weighted by molar-refractivity contribution is 5.72. The van der Waals surface area contributed by atoms with Crippen molar-refractivity contribution in [1.82, 2.24) is 4.98 Å². The van der Waals surface area contributed by atoms with Crippen molar-refractivity contribution in [2.45, 2.75) is 13.3 Å². The zero-order valence-electron chi connectivity index (χ0n) is 6.72. The van der Waals surface area contributed by atoms with Crippen LogP contribution in [0.1, 0.15) is 28.2 Å². The Morgan fingerprint density at radius 3 is 2.62 bits per heavy atom. The zero-order chi connectivity index (χ0) is 10.0. The number of alkyl halides is 2. The summed E-state index contributed by atoms with van der Waals surface area (Å²) in [6.45, 7) is 1.30. The Morgan fingerprint density at radius 2 is 2.15 bits per heavy atom. The van der Waals surface area contributed by atoms with Gasteiger partial charge in [0, 0.05) is 11.3 Å². The second kappa shape index (κ2) is 3.55. The Balaban J connectivity index is 3.28. The van der Waals surface area contributed by atoms with Crippen LogP contribution < -0.4 is 0 Å². The lowest BCUT2D eigenvalue weighted by atomic mass is 10.2. The van der Waals surface area contributed by atoms with Gasteiger partial charge in [0.2, 0.25) is 0 Å². The molecule has 0 N–H and O–H groups in total. The third kappa shape index (κ3) is 1.85. The Morgan fingerprint density at radius 1 is 1.54 bits per heavy atom. The van der Waals surface area contributed by atoms with Crippen molar-refractivity contribution in [3.63, 3.8) is 0 Å². The molecule has 0 atom stereocenters. The van der Waals surface area contributed by atoms with E-state index in [1.54, 1.807) is 0 Å². The van der Waals surface area contributed by atoms with Gasteiger partial charge in [-0.25, -0.2) is 18.2 Å². The molecule has 0 aromatic carbocycles. The van der Waals surface area contributed by atoms with Gasteiger partial charge in [0.05, 0.1) is 0 Å². The second-order valence-corrected chi connectivity index (χ2v) is 2.45. The van der Waals surface area contributed by atoms with E-state index in [2.05, 4.69) is 4.98 Å². The molecular weight excluding hydrogens is 183 g/mol. The highest BCUT2D eigenvalue weighted by atomic mass is 19.3. The van der Waals surface area contributed by atoms with Crippen LogP contribution in [0.25, 0.3) is 0 Å². The van der Waals surface area contributed by atoms with Gasteiger partial charge in [-0.3, -0.25) is 4.79 Å². The topological polar surface area (TPSA) is 30.0 Å². The minimum atomic E-state index is -2.78. The normalized spacial score (nSPS) is 10.5. The molecule has 13 heavy (non-hydrogen) atoms. The van der Waals surface area contributed by atoms with E-state index in [4.69, 9.17) is 0 Å². The molecule has 1 heterocycles. The number of carbonyl (C=O) groups excluding carboxylic acids is 1. The Labute approximate surface area is 72.4 Å². The summed E-state index contributed by atoms with van der Waals surface area (Å²) in [6, 6.07) is 0.636. The zero-order valence-corrected chi connectivity index (χ0v) is 6.72. The van der Waals surface area contributed by atoms with E-state index in [9.17, 15) is 18.0 Å². The summed E-state index contributed by atoms with van der Waals surface area (Å²) in [6.07, 6.45) is -2.58. The van der Waals surface area contributed by atoms with Crippen LogP contribution in [0.2, 0.25) is 0 Å². The highest BCUT2D eigenvalue weighted by Gasteiger charge is 2.15. The standard InChI is InChI=1S/C8H6F3NO/c1-4-5(8(10)11)2-6(9)7(3-13)12-4/h2-3,8H,1H3. The molecule has 1 aromatic rings. The van der Waals surface area contributed by atoms with Crippen molar-refractivity contribution in [2.75, 3.05) is 0 Å². The predicted octanol–water partition coefficient (Wildman–Crippen LogP) is 2.28. The van der Waals surface area contributed by atoms with Crippen LogP contribution in [0.5, 0.6) is 0 Å². The Kier molecular flexibility index (Phi) is 2.65. The molecule has 1 aromatic heterocycles. The molecule has 0 aliphatic rings. The number of hydrogen-bond acceptors (Lipinski definition) is 2. The van der Waals surface area contributed by atoms with E-state index in [1.807, 2.05) is 0 Å². The molecule has 0 unspecified atom stereocenters. The van der Waals surface area contributed by atoms with Gasteiger partial charge in [0.1, 0.15) is 5.69 Å². The summed E-state index contributed by atoms with van der Waals surface area (Å²) < 4.78 is 37.1. The third-order valence-corrected chi connectivity index (χ3v) is 1.58. The number of carbonyl (C=O) groups is 1. The molecule has 0 saturated heterocycles. The van der Waals surface area contributed by atoms with Gasteiger partial charge < -0.3 is 0 Å². The molecule has 2 nitrogen and oxygen atoms in total. The molecule has 0 bridgehead atoms. The average molecular weight is 189 g/mol. The summed E-state index contributed by atoms with van der Waals surface area (Å²) in [5, 5.41) is 0. The molecule has 0 spiro atoms. The summed E-state index contributed by atoms with van der Waals surface area (Å²) in [5.74, 6) is -1.02. The first-order valence-corrected chi connectivity index (χ1v) is 3.46. The summed E-state index contributed by atoms with van der Waals surface area (Å²) in [5.41, 5.74) is -0.955. The maximum Gasteiger partial charge on any atom is 0.265 e. The number of pyridine rings is 1. The average Bonchev–Trinajstić information content (AvgIpc) is 2.07. The van der Waals surface area contributed by atoms with E-state index in [0.29, 0.717) is 6.07 Å². The van der Waals surface area contributed by atoms with Crippen LogP contribution in [0.4, 0.5) is 13.2 Å². The lowest BCUT2D eigenvalue weighted by Crippen LogP contribution is -2.01. The monoisotopic (exact) mass is 189 g/mol. The van der Waals surface area contributed by atoms with Crippen molar-refractivity contribution in [3.05, 3.63) is 28.8 Å². The van der Waals surface area contributed by atoms with Crippen molar-refractivity contribution >= 4 is 6.29 Å². The van der Waals surface area contributed by atoms with E-state index in [1.165, 1.54) is 6.92 Å². The van der Waals surface area contributed by atoms with Crippen LogP contribution in [0.3, 0.4) is 0 Å². The van der Waals surface area contributed by atoms with Crippen LogP contribution in [0.15, 0.2) is 6.07 Å². The molecule has 0 aliphatic carbocycles. The molecule has 0 aliphatic heterocycles. The minimum absolute atomic E-state index is 0.0292. The van der Waals surface area contributed by atoms with E-state index in [-0.39, 0.29) is 12.0 Å². The molecule has 5 heteroatoms. The molecular formula is C8H6F3NO. The second-order valence-electron chi connectivity index (χ2n) is 2.45. The first-order valence-electron chi connectivity index (χ1n) is 3.46. The fourth-order valence-electron chi connectivity index (χ4n) is 0.917. The van der Waals surface area contributed by atoms with Crippen LogP contribution >= 0.6 is 0 Å². The summed E-state index contributed by atoms with van der Waals surface area (Å²) in [7, 11) is 0. The van der Waals surface area contributed by atoms with Crippen molar-refractivity contribution in [2.24, 2.45) is 0 Å². The first-order chi connectivity index (χ1) is 6.06. The van der Waals surface area contributed by atoms with Gasteiger partial charge in [-0.1, -0.05) is 0 Å². The maximum absolute atomic E-state index is 12.8. The number of halogens is 3. The largest absolute Gasteiger partial charge is 0.296 e. The van der Waals surface area contributed by atoms with Crippen LogP contribution in [-0.4, -0.2) is 11.3 Å². The predicted molar refractivity (Wildman–Crippen MR) is 39.3 cm³/mol. The molecule has 0 fully saturated rings. The molecule has 0 saturated carbocycles. The summed E-state index contributed by atoms with van der Waals surface area (Å²) in [4.78, 5) is 13.6. The van der Waals surface area contributed by atoms with Gasteiger partial charge in [-0.05, 0) is 13.0 Å². The van der Waals surface area contributed by atoms with E-state index >= 15 is 0 Å². The first kappa shape index (κ1) is 9.70. The van der Waals surface area contributed by atoms with Gasteiger partial charge in [0.25, 0.3) is 6.43 Å². The van der Waals surface area contributed by atoms with Crippen molar-refractivity contribution in [3.8, 4) is 0 Å². The number of nitrogens with zero attached hydrogens (tertiary/aromatic N) is 1. The van der Waals surface area contributed by atoms with Gasteiger partial charge >= 0.3 is 0 Å². The summed E-state index contributed by atoms with van der Waals surface area (Å²) >= 11 is 0. The maximum atomic E-state index is 12.8. The van der Waals surface area contributed by atoms with E-state index < -0.39 is 23.5 Å². The number of hydrogen-bond donors (Lipinski definition) is 0. The smallest absolute Gasteiger partial charge is 0.265 e. The number of aldehydes is 1. The highest BCUT2D eigenvalue weighted by Crippen LogP contribution is 2.22. The fraction of sp³-hybridized carbons (Fsp3) is 0.250.